The minimum absolute atomic E-state index is 0.0758. The maximum absolute atomic E-state index is 13.2. The number of anilines is 1. The first-order valence-corrected chi connectivity index (χ1v) is 13.8. The van der Waals surface area contributed by atoms with E-state index in [0.717, 1.165) is 19.3 Å². The number of amides is 2. The van der Waals surface area contributed by atoms with Crippen LogP contribution in [0.5, 0.6) is 5.75 Å². The number of nitrogens with zero attached hydrogens (tertiary/aromatic N) is 2. The number of hydrogen-bond donors (Lipinski definition) is 1. The number of aromatic nitrogens is 1. The summed E-state index contributed by atoms with van der Waals surface area (Å²) in [4.78, 5) is 58.2. The van der Waals surface area contributed by atoms with Crippen molar-refractivity contribution in [2.24, 2.45) is 23.7 Å². The van der Waals surface area contributed by atoms with Gasteiger partial charge in [-0.15, -0.1) is 0 Å². The molecule has 3 aromatic carbocycles. The highest BCUT2D eigenvalue weighted by Gasteiger charge is 2.61. The van der Waals surface area contributed by atoms with Crippen LogP contribution >= 0.6 is 0 Å². The molecular formula is C33H26N2O6. The Labute approximate surface area is 235 Å². The minimum Gasteiger partial charge on any atom is -0.507 e. The van der Waals surface area contributed by atoms with Gasteiger partial charge < -0.3 is 9.84 Å². The van der Waals surface area contributed by atoms with Crippen LogP contribution in [0.4, 0.5) is 5.69 Å². The van der Waals surface area contributed by atoms with E-state index in [-0.39, 0.29) is 40.5 Å². The monoisotopic (exact) mass is 546 g/mol. The van der Waals surface area contributed by atoms with E-state index in [9.17, 15) is 24.3 Å². The molecule has 3 fully saturated rings. The molecule has 2 aliphatic carbocycles. The second-order valence-corrected chi connectivity index (χ2v) is 11.0. The van der Waals surface area contributed by atoms with Crippen molar-refractivity contribution >= 4 is 40.2 Å². The van der Waals surface area contributed by atoms with E-state index in [1.165, 1.54) is 17.0 Å². The molecule has 204 valence electrons. The van der Waals surface area contributed by atoms with E-state index in [0.29, 0.717) is 39.7 Å². The third kappa shape index (κ3) is 4.09. The molecule has 4 unspecified atom stereocenters. The van der Waals surface area contributed by atoms with Crippen molar-refractivity contribution in [3.05, 3.63) is 90.0 Å². The van der Waals surface area contributed by atoms with Gasteiger partial charge in [0.05, 0.1) is 39.9 Å². The second-order valence-electron chi connectivity index (χ2n) is 11.0. The number of phenols is 1. The van der Waals surface area contributed by atoms with Gasteiger partial charge in [0.2, 0.25) is 17.6 Å². The number of para-hydroxylation sites is 2. The summed E-state index contributed by atoms with van der Waals surface area (Å²) in [6.45, 7) is -0.529. The van der Waals surface area contributed by atoms with Gasteiger partial charge in [-0.3, -0.25) is 19.3 Å². The standard InChI is InChI=1S/C33H26N2O6/c36-27-8-4-2-6-23(27)28(37)17-41-33(40)24-16-26(34-25-7-3-1-5-22(24)25)18-11-13-21(14-12-18)35-31(38)29-19-9-10-20(15-19)30(29)32(35)39/h1-8,11-14,16,19-20,29-30,36H,9-10,15,17H2. The van der Waals surface area contributed by atoms with Crippen molar-refractivity contribution in [1.82, 2.24) is 4.98 Å². The molecule has 1 aliphatic heterocycles. The molecule has 0 spiro atoms. The van der Waals surface area contributed by atoms with Crippen LogP contribution in [0, 0.1) is 23.7 Å². The lowest BCUT2D eigenvalue weighted by atomic mass is 9.81. The molecule has 0 radical (unpaired) electrons. The number of pyridine rings is 1. The van der Waals surface area contributed by atoms with Gasteiger partial charge in [0.25, 0.3) is 0 Å². The number of benzene rings is 3. The van der Waals surface area contributed by atoms with Crippen LogP contribution in [0.2, 0.25) is 0 Å². The number of Topliss-reactive ketones (excluding diaryl/α,β-unsaturated/α-hetero) is 1. The summed E-state index contributed by atoms with van der Waals surface area (Å²) in [5.74, 6) is -1.31. The van der Waals surface area contributed by atoms with E-state index in [1.807, 2.05) is 6.07 Å². The lowest BCUT2D eigenvalue weighted by molar-refractivity contribution is -0.123. The van der Waals surface area contributed by atoms with Crippen LogP contribution in [-0.2, 0) is 14.3 Å². The molecule has 41 heavy (non-hydrogen) atoms. The average molecular weight is 547 g/mol. The van der Waals surface area contributed by atoms with Crippen molar-refractivity contribution in [2.75, 3.05) is 11.5 Å². The summed E-state index contributed by atoms with van der Waals surface area (Å²) in [5.41, 5.74) is 2.63. The molecule has 8 nitrogen and oxygen atoms in total. The zero-order valence-corrected chi connectivity index (χ0v) is 22.0. The molecule has 4 aromatic rings. The highest BCUT2D eigenvalue weighted by molar-refractivity contribution is 6.22. The van der Waals surface area contributed by atoms with Gasteiger partial charge in [-0.1, -0.05) is 42.5 Å². The van der Waals surface area contributed by atoms with E-state index in [1.54, 1.807) is 60.7 Å². The molecule has 3 aliphatic rings. The van der Waals surface area contributed by atoms with Gasteiger partial charge in [-0.2, -0.15) is 0 Å². The smallest absolute Gasteiger partial charge is 0.339 e. The van der Waals surface area contributed by atoms with Gasteiger partial charge in [0, 0.05) is 10.9 Å². The molecule has 1 aromatic heterocycles. The number of phenolic OH excluding ortho intramolecular Hbond substituents is 1. The number of ether oxygens (including phenoxy) is 1. The summed E-state index contributed by atoms with van der Waals surface area (Å²) in [6, 6.07) is 21.9. The maximum Gasteiger partial charge on any atom is 0.339 e. The van der Waals surface area contributed by atoms with Crippen molar-refractivity contribution in [2.45, 2.75) is 19.3 Å². The highest BCUT2D eigenvalue weighted by Crippen LogP contribution is 2.56. The molecule has 1 N–H and O–H groups in total. The zero-order chi connectivity index (χ0) is 28.2. The predicted molar refractivity (Wildman–Crippen MR) is 150 cm³/mol. The Balaban J connectivity index is 1.15. The molecule has 1 saturated heterocycles. The number of esters is 1. The number of imide groups is 1. The van der Waals surface area contributed by atoms with Gasteiger partial charge in [-0.05, 0) is 67.5 Å². The Morgan fingerprint density at radius 2 is 1.51 bits per heavy atom. The van der Waals surface area contributed by atoms with E-state index < -0.39 is 18.4 Å². The number of carbonyl (C=O) groups excluding carboxylic acids is 4. The Kier molecular flexibility index (Phi) is 5.92. The third-order valence-corrected chi connectivity index (χ3v) is 8.82. The predicted octanol–water partition coefficient (Wildman–Crippen LogP) is 5.18. The van der Waals surface area contributed by atoms with Crippen LogP contribution in [0.25, 0.3) is 22.2 Å². The van der Waals surface area contributed by atoms with Gasteiger partial charge >= 0.3 is 5.97 Å². The normalized spacial score (nSPS) is 22.8. The van der Waals surface area contributed by atoms with Crippen molar-refractivity contribution in [1.29, 1.82) is 0 Å². The van der Waals surface area contributed by atoms with Gasteiger partial charge in [-0.25, -0.2) is 9.78 Å². The lowest BCUT2D eigenvalue weighted by Gasteiger charge is -2.19. The summed E-state index contributed by atoms with van der Waals surface area (Å²) >= 11 is 0. The molecule has 2 saturated carbocycles. The fourth-order valence-electron chi connectivity index (χ4n) is 6.93. The molecule has 2 amide bonds. The van der Waals surface area contributed by atoms with Crippen LogP contribution in [0.3, 0.4) is 0 Å². The molecular weight excluding hydrogens is 520 g/mol. The number of ketones is 1. The molecule has 2 heterocycles. The summed E-state index contributed by atoms with van der Waals surface area (Å²) < 4.78 is 5.36. The first-order chi connectivity index (χ1) is 19.9. The number of fused-ring (bicyclic) bond motifs is 6. The van der Waals surface area contributed by atoms with Crippen LogP contribution < -0.4 is 4.90 Å². The third-order valence-electron chi connectivity index (χ3n) is 8.82. The largest absolute Gasteiger partial charge is 0.507 e. The first kappa shape index (κ1) is 25.1. The molecule has 8 heteroatoms. The van der Waals surface area contributed by atoms with Crippen molar-refractivity contribution in [3.8, 4) is 17.0 Å². The Morgan fingerprint density at radius 1 is 0.854 bits per heavy atom. The highest BCUT2D eigenvalue weighted by atomic mass is 16.5. The number of rotatable bonds is 6. The molecule has 2 bridgehead atoms. The van der Waals surface area contributed by atoms with Crippen molar-refractivity contribution in [3.63, 3.8) is 0 Å². The Bertz CT molecular complexity index is 1720. The minimum atomic E-state index is -0.695. The first-order valence-electron chi connectivity index (χ1n) is 13.8. The Hall–Kier alpha value is -4.85. The van der Waals surface area contributed by atoms with E-state index in [2.05, 4.69) is 0 Å². The quantitative estimate of drug-likeness (QED) is 0.201. The summed E-state index contributed by atoms with van der Waals surface area (Å²) in [6.07, 6.45) is 3.04. The Morgan fingerprint density at radius 3 is 2.22 bits per heavy atom. The topological polar surface area (TPSA) is 114 Å². The second kappa shape index (κ2) is 9.66. The lowest BCUT2D eigenvalue weighted by Crippen LogP contribution is -2.32. The average Bonchev–Trinajstić information content (AvgIpc) is 3.69. The van der Waals surface area contributed by atoms with Crippen LogP contribution in [0.15, 0.2) is 78.9 Å². The van der Waals surface area contributed by atoms with Crippen LogP contribution in [-0.4, -0.2) is 40.3 Å². The zero-order valence-electron chi connectivity index (χ0n) is 22.0. The fourth-order valence-corrected chi connectivity index (χ4v) is 6.93. The number of hydrogen-bond acceptors (Lipinski definition) is 7. The molecule has 4 atom stereocenters. The van der Waals surface area contributed by atoms with Crippen molar-refractivity contribution < 1.29 is 29.0 Å². The molecule has 7 rings (SSSR count). The number of aromatic hydroxyl groups is 1. The van der Waals surface area contributed by atoms with Gasteiger partial charge in [0.1, 0.15) is 5.75 Å². The van der Waals surface area contributed by atoms with E-state index in [4.69, 9.17) is 9.72 Å². The fraction of sp³-hybridized carbons (Fsp3) is 0.242. The van der Waals surface area contributed by atoms with E-state index >= 15 is 0 Å². The summed E-state index contributed by atoms with van der Waals surface area (Å²) in [5, 5.41) is 10.5. The summed E-state index contributed by atoms with van der Waals surface area (Å²) in [7, 11) is 0. The number of carbonyl (C=O) groups is 4. The SMILES string of the molecule is O=C(COC(=O)c1cc(-c2ccc(N3C(=O)C4C5CCC(C5)C4C3=O)cc2)nc2ccccc12)c1ccccc1O. The van der Waals surface area contributed by atoms with Crippen LogP contribution in [0.1, 0.15) is 40.0 Å². The van der Waals surface area contributed by atoms with Gasteiger partial charge in [0.15, 0.2) is 6.61 Å². The maximum atomic E-state index is 13.2.